The zero-order valence-corrected chi connectivity index (χ0v) is 20.9. The maximum Gasteiger partial charge on any atom is 0.308 e. The van der Waals surface area contributed by atoms with Crippen LogP contribution in [0.1, 0.15) is 39.2 Å². The quantitative estimate of drug-likeness (QED) is 0.253. The molecule has 0 fully saturated rings. The van der Waals surface area contributed by atoms with Crippen LogP contribution in [0.15, 0.2) is 18.2 Å². The fourth-order valence-electron chi connectivity index (χ4n) is 3.33. The van der Waals surface area contributed by atoms with Gasteiger partial charge in [-0.2, -0.15) is 0 Å². The second-order valence-electron chi connectivity index (χ2n) is 8.77. The average Bonchev–Trinajstić information content (AvgIpc) is 2.79. The molecule has 0 aromatic heterocycles. The molecule has 1 aromatic carbocycles. The topological polar surface area (TPSA) is 103 Å². The Hall–Kier alpha value is -2.36. The first-order valence-corrected chi connectivity index (χ1v) is 12.0. The molecule has 1 aromatic rings. The van der Waals surface area contributed by atoms with Crippen LogP contribution in [-0.2, 0) is 35.0 Å². The standard InChI is InChI=1S/C24H35ClN2O7/c1-24(2,3)34-23(30)8-11-31-13-14-32-12-9-26-21(28)17-33-19-6-7-20-18(15-19)5-4-10-27(20)22(29)16-25/h6-7,15H,4-5,8-14,16-17H2,1-3H3,(H,26,28). The summed E-state index contributed by atoms with van der Waals surface area (Å²) >= 11 is 5.69. The summed E-state index contributed by atoms with van der Waals surface area (Å²) in [6.45, 7) is 7.67. The van der Waals surface area contributed by atoms with Crippen LogP contribution in [0.2, 0.25) is 0 Å². The van der Waals surface area contributed by atoms with Gasteiger partial charge in [0, 0.05) is 18.8 Å². The SMILES string of the molecule is CC(C)(C)OC(=O)CCOCCOCCNC(=O)COc1ccc2c(c1)CCCN2C(=O)CCl. The Morgan fingerprint density at radius 3 is 2.53 bits per heavy atom. The fraction of sp³-hybridized carbons (Fsp3) is 0.625. The van der Waals surface area contributed by atoms with E-state index in [4.69, 9.17) is 30.5 Å². The fourth-order valence-corrected chi connectivity index (χ4v) is 3.47. The van der Waals surface area contributed by atoms with Gasteiger partial charge in [-0.1, -0.05) is 0 Å². The lowest BCUT2D eigenvalue weighted by Crippen LogP contribution is -2.36. The van der Waals surface area contributed by atoms with E-state index in [1.807, 2.05) is 32.9 Å². The lowest BCUT2D eigenvalue weighted by Gasteiger charge is -2.29. The average molecular weight is 499 g/mol. The number of hydrogen-bond donors (Lipinski definition) is 1. The number of carbonyl (C=O) groups is 3. The second-order valence-corrected chi connectivity index (χ2v) is 9.04. The molecule has 2 rings (SSSR count). The van der Waals surface area contributed by atoms with Gasteiger partial charge in [0.05, 0.1) is 32.8 Å². The first kappa shape index (κ1) is 27.9. The van der Waals surface area contributed by atoms with Crippen LogP contribution >= 0.6 is 11.6 Å². The molecular formula is C24H35ClN2O7. The summed E-state index contributed by atoms with van der Waals surface area (Å²) < 4.78 is 21.5. The molecule has 10 heteroatoms. The van der Waals surface area contributed by atoms with Crippen LogP contribution in [0, 0.1) is 0 Å². The normalized spacial score (nSPS) is 13.2. The number of carbonyl (C=O) groups excluding carboxylic acids is 3. The molecule has 1 N–H and O–H groups in total. The van der Waals surface area contributed by atoms with Crippen molar-refractivity contribution in [3.8, 4) is 5.75 Å². The zero-order valence-electron chi connectivity index (χ0n) is 20.2. The number of benzene rings is 1. The van der Waals surface area contributed by atoms with E-state index in [0.29, 0.717) is 38.7 Å². The first-order valence-electron chi connectivity index (χ1n) is 11.5. The summed E-state index contributed by atoms with van der Waals surface area (Å²) in [6.07, 6.45) is 1.89. The van der Waals surface area contributed by atoms with Gasteiger partial charge in [0.2, 0.25) is 5.91 Å². The minimum atomic E-state index is -0.496. The largest absolute Gasteiger partial charge is 0.484 e. The van der Waals surface area contributed by atoms with Gasteiger partial charge >= 0.3 is 5.97 Å². The highest BCUT2D eigenvalue weighted by Gasteiger charge is 2.22. The maximum atomic E-state index is 12.0. The van der Waals surface area contributed by atoms with E-state index in [2.05, 4.69) is 5.32 Å². The van der Waals surface area contributed by atoms with Crippen molar-refractivity contribution in [1.82, 2.24) is 5.32 Å². The molecule has 0 bridgehead atoms. The molecule has 0 saturated carbocycles. The molecule has 0 aliphatic carbocycles. The molecule has 1 aliphatic rings. The summed E-state index contributed by atoms with van der Waals surface area (Å²) in [5.41, 5.74) is 1.35. The molecule has 0 spiro atoms. The van der Waals surface area contributed by atoms with Crippen LogP contribution in [0.3, 0.4) is 0 Å². The van der Waals surface area contributed by atoms with Crippen molar-refractivity contribution in [2.75, 3.05) is 56.9 Å². The third kappa shape index (κ3) is 10.3. The van der Waals surface area contributed by atoms with Crippen LogP contribution < -0.4 is 15.0 Å². The summed E-state index contributed by atoms with van der Waals surface area (Å²) in [5, 5.41) is 2.73. The van der Waals surface area contributed by atoms with Crippen LogP contribution in [0.4, 0.5) is 5.69 Å². The number of alkyl halides is 1. The number of anilines is 1. The number of amides is 2. The van der Waals surface area contributed by atoms with E-state index in [1.165, 1.54) is 0 Å². The van der Waals surface area contributed by atoms with Crippen LogP contribution in [0.25, 0.3) is 0 Å². The summed E-state index contributed by atoms with van der Waals surface area (Å²) in [4.78, 5) is 37.2. The number of rotatable bonds is 13. The van der Waals surface area contributed by atoms with Gasteiger partial charge in [-0.15, -0.1) is 11.6 Å². The minimum Gasteiger partial charge on any atom is -0.484 e. The van der Waals surface area contributed by atoms with E-state index in [9.17, 15) is 14.4 Å². The number of halogens is 1. The van der Waals surface area contributed by atoms with Crippen molar-refractivity contribution in [2.45, 2.75) is 45.6 Å². The summed E-state index contributed by atoms with van der Waals surface area (Å²) in [5.74, 6) is -0.145. The highest BCUT2D eigenvalue weighted by atomic mass is 35.5. The first-order chi connectivity index (χ1) is 16.2. The van der Waals surface area contributed by atoms with E-state index >= 15 is 0 Å². The smallest absolute Gasteiger partial charge is 0.308 e. The molecular weight excluding hydrogens is 464 g/mol. The second kappa shape index (κ2) is 14.1. The van der Waals surface area contributed by atoms with Gasteiger partial charge < -0.3 is 29.2 Å². The Morgan fingerprint density at radius 2 is 1.82 bits per heavy atom. The Labute approximate surface area is 206 Å². The maximum absolute atomic E-state index is 12.0. The van der Waals surface area contributed by atoms with Gasteiger partial charge in [0.15, 0.2) is 6.61 Å². The van der Waals surface area contributed by atoms with Gasteiger partial charge in [0.25, 0.3) is 5.91 Å². The van der Waals surface area contributed by atoms with Crippen molar-refractivity contribution in [1.29, 1.82) is 0 Å². The third-order valence-electron chi connectivity index (χ3n) is 4.77. The number of nitrogens with one attached hydrogen (secondary N) is 1. The van der Waals surface area contributed by atoms with Crippen molar-refractivity contribution in [3.63, 3.8) is 0 Å². The van der Waals surface area contributed by atoms with Crippen molar-refractivity contribution >= 4 is 35.1 Å². The molecule has 190 valence electrons. The molecule has 2 amide bonds. The monoisotopic (exact) mass is 498 g/mol. The lowest BCUT2D eigenvalue weighted by atomic mass is 10.0. The molecule has 1 heterocycles. The molecule has 0 atom stereocenters. The molecule has 1 aliphatic heterocycles. The summed E-state index contributed by atoms with van der Waals surface area (Å²) in [6, 6.07) is 5.44. The van der Waals surface area contributed by atoms with Crippen LogP contribution in [0.5, 0.6) is 5.75 Å². The Bertz CT molecular complexity index is 826. The molecule has 0 saturated heterocycles. The minimum absolute atomic E-state index is 0.0529. The highest BCUT2D eigenvalue weighted by molar-refractivity contribution is 6.29. The number of hydrogen-bond acceptors (Lipinski definition) is 7. The Kier molecular flexibility index (Phi) is 11.6. The van der Waals surface area contributed by atoms with E-state index < -0.39 is 5.60 Å². The van der Waals surface area contributed by atoms with Crippen LogP contribution in [-0.4, -0.2) is 75.4 Å². The van der Waals surface area contributed by atoms with E-state index in [0.717, 1.165) is 24.1 Å². The van der Waals surface area contributed by atoms with Gasteiger partial charge in [-0.3, -0.25) is 14.4 Å². The van der Waals surface area contributed by atoms with Gasteiger partial charge in [-0.05, 0) is 57.4 Å². The zero-order chi connectivity index (χ0) is 25.0. The van der Waals surface area contributed by atoms with Crippen molar-refractivity contribution < 1.29 is 33.3 Å². The van der Waals surface area contributed by atoms with Crippen molar-refractivity contribution in [3.05, 3.63) is 23.8 Å². The van der Waals surface area contributed by atoms with Gasteiger partial charge in [0.1, 0.15) is 17.2 Å². The predicted molar refractivity (Wildman–Crippen MR) is 128 cm³/mol. The number of fused-ring (bicyclic) bond motifs is 1. The predicted octanol–water partition coefficient (Wildman–Crippen LogP) is 2.46. The molecule has 0 radical (unpaired) electrons. The summed E-state index contributed by atoms with van der Waals surface area (Å²) in [7, 11) is 0. The molecule has 0 unspecified atom stereocenters. The third-order valence-corrected chi connectivity index (χ3v) is 4.99. The highest BCUT2D eigenvalue weighted by Crippen LogP contribution is 2.30. The Morgan fingerprint density at radius 1 is 1.09 bits per heavy atom. The van der Waals surface area contributed by atoms with Gasteiger partial charge in [-0.25, -0.2) is 0 Å². The number of ether oxygens (including phenoxy) is 4. The lowest BCUT2D eigenvalue weighted by molar-refractivity contribution is -0.156. The van der Waals surface area contributed by atoms with E-state index in [-0.39, 0.29) is 43.3 Å². The molecule has 34 heavy (non-hydrogen) atoms. The Balaban J connectivity index is 1.55. The van der Waals surface area contributed by atoms with Crippen molar-refractivity contribution in [2.24, 2.45) is 0 Å². The number of nitrogens with zero attached hydrogens (tertiary/aromatic N) is 1. The number of aryl methyl sites for hydroxylation is 1. The molecule has 9 nitrogen and oxygen atoms in total. The number of esters is 1. The van der Waals surface area contributed by atoms with E-state index in [1.54, 1.807) is 11.0 Å².